The molecule has 2 aliphatic rings. The summed E-state index contributed by atoms with van der Waals surface area (Å²) in [6.07, 6.45) is 1.38. The summed E-state index contributed by atoms with van der Waals surface area (Å²) < 4.78 is 5.15. The fraction of sp³-hybridized carbons (Fsp3) is 0.522. The maximum absolute atomic E-state index is 12.6. The van der Waals surface area contributed by atoms with Crippen molar-refractivity contribution in [3.8, 4) is 0 Å². The molecule has 0 spiro atoms. The number of aryl methyl sites for hydroxylation is 2. The molecule has 166 valence electrons. The maximum atomic E-state index is 12.6. The predicted octanol–water partition coefficient (Wildman–Crippen LogP) is 2.21. The molecule has 4 rings (SSSR count). The molecule has 0 saturated carbocycles. The summed E-state index contributed by atoms with van der Waals surface area (Å²) in [6.45, 7) is 8.58. The van der Waals surface area contributed by atoms with E-state index >= 15 is 0 Å². The number of benzene rings is 1. The van der Waals surface area contributed by atoms with Crippen LogP contribution in [0.15, 0.2) is 34.9 Å². The van der Waals surface area contributed by atoms with Crippen LogP contribution in [0.5, 0.6) is 0 Å². The lowest BCUT2D eigenvalue weighted by atomic mass is 10.1. The molecule has 1 atom stereocenters. The Morgan fingerprint density at radius 2 is 1.77 bits per heavy atom. The third-order valence-electron chi connectivity index (χ3n) is 6.38. The largest absolute Gasteiger partial charge is 0.371 e. The van der Waals surface area contributed by atoms with E-state index in [9.17, 15) is 9.59 Å². The van der Waals surface area contributed by atoms with Crippen LogP contribution in [0.1, 0.15) is 23.4 Å². The van der Waals surface area contributed by atoms with Crippen LogP contribution < -0.4 is 10.2 Å². The minimum atomic E-state index is -0.0315. The van der Waals surface area contributed by atoms with Gasteiger partial charge < -0.3 is 24.5 Å². The number of amides is 3. The molecule has 2 aromatic rings. The summed E-state index contributed by atoms with van der Waals surface area (Å²) in [7, 11) is 0. The van der Waals surface area contributed by atoms with Gasteiger partial charge in [-0.15, -0.1) is 0 Å². The molecule has 8 nitrogen and oxygen atoms in total. The molecule has 2 fully saturated rings. The summed E-state index contributed by atoms with van der Waals surface area (Å²) in [5, 5.41) is 7.01. The van der Waals surface area contributed by atoms with E-state index in [0.29, 0.717) is 50.8 Å². The molecule has 1 aromatic carbocycles. The number of urea groups is 1. The van der Waals surface area contributed by atoms with Gasteiger partial charge in [0, 0.05) is 57.1 Å². The maximum Gasteiger partial charge on any atom is 0.317 e. The van der Waals surface area contributed by atoms with Crippen LogP contribution in [-0.2, 0) is 11.2 Å². The first kappa shape index (κ1) is 21.2. The minimum absolute atomic E-state index is 0.0315. The lowest BCUT2D eigenvalue weighted by Gasteiger charge is -2.35. The van der Waals surface area contributed by atoms with Gasteiger partial charge in [-0.1, -0.05) is 23.4 Å². The highest BCUT2D eigenvalue weighted by Gasteiger charge is 2.27. The Kier molecular flexibility index (Phi) is 6.44. The van der Waals surface area contributed by atoms with Crippen molar-refractivity contribution >= 4 is 17.6 Å². The Labute approximate surface area is 183 Å². The van der Waals surface area contributed by atoms with Crippen molar-refractivity contribution in [1.82, 2.24) is 20.3 Å². The highest BCUT2D eigenvalue weighted by atomic mass is 16.5. The van der Waals surface area contributed by atoms with Gasteiger partial charge in [-0.2, -0.15) is 0 Å². The van der Waals surface area contributed by atoms with E-state index in [4.69, 9.17) is 4.52 Å². The van der Waals surface area contributed by atoms with Crippen LogP contribution in [0.3, 0.4) is 0 Å². The van der Waals surface area contributed by atoms with E-state index in [1.54, 1.807) is 0 Å². The second-order valence-electron chi connectivity index (χ2n) is 8.47. The topological polar surface area (TPSA) is 81.9 Å². The zero-order chi connectivity index (χ0) is 21.8. The van der Waals surface area contributed by atoms with E-state index in [1.165, 1.54) is 5.69 Å². The van der Waals surface area contributed by atoms with E-state index in [1.807, 2.05) is 29.7 Å². The van der Waals surface area contributed by atoms with Gasteiger partial charge in [0.25, 0.3) is 0 Å². The molecule has 1 unspecified atom stereocenters. The zero-order valence-electron chi connectivity index (χ0n) is 18.3. The average Bonchev–Trinajstić information content (AvgIpc) is 3.40. The number of piperazine rings is 1. The monoisotopic (exact) mass is 425 g/mol. The fourth-order valence-corrected chi connectivity index (χ4v) is 4.39. The summed E-state index contributed by atoms with van der Waals surface area (Å²) in [5.74, 6) is 1.21. The SMILES string of the molecule is Cc1noc(C)c1CC(=O)N1CCN(C(=O)NCC2CCN(c3ccccc3)C2)CC1. The highest BCUT2D eigenvalue weighted by molar-refractivity contribution is 5.80. The number of carbonyl (C=O) groups excluding carboxylic acids is 2. The first-order chi connectivity index (χ1) is 15.0. The van der Waals surface area contributed by atoms with Crippen molar-refractivity contribution < 1.29 is 14.1 Å². The van der Waals surface area contributed by atoms with Crippen molar-refractivity contribution in [3.05, 3.63) is 47.3 Å². The second-order valence-corrected chi connectivity index (χ2v) is 8.47. The molecule has 31 heavy (non-hydrogen) atoms. The Morgan fingerprint density at radius 1 is 1.06 bits per heavy atom. The van der Waals surface area contributed by atoms with E-state index in [0.717, 1.165) is 30.8 Å². The number of hydrogen-bond acceptors (Lipinski definition) is 5. The van der Waals surface area contributed by atoms with E-state index < -0.39 is 0 Å². The number of carbonyl (C=O) groups is 2. The number of para-hydroxylation sites is 1. The molecule has 0 bridgehead atoms. The van der Waals surface area contributed by atoms with Crippen molar-refractivity contribution in [2.24, 2.45) is 5.92 Å². The number of nitrogens with one attached hydrogen (secondary N) is 1. The molecule has 2 saturated heterocycles. The van der Waals surface area contributed by atoms with Crippen molar-refractivity contribution in [2.75, 3.05) is 50.7 Å². The van der Waals surface area contributed by atoms with Gasteiger partial charge in [-0.25, -0.2) is 4.79 Å². The van der Waals surface area contributed by atoms with Gasteiger partial charge in [0.15, 0.2) is 0 Å². The van der Waals surface area contributed by atoms with Crippen LogP contribution in [0, 0.1) is 19.8 Å². The third-order valence-corrected chi connectivity index (χ3v) is 6.38. The van der Waals surface area contributed by atoms with Crippen LogP contribution in [0.2, 0.25) is 0 Å². The van der Waals surface area contributed by atoms with Gasteiger partial charge in [-0.3, -0.25) is 4.79 Å². The van der Waals surface area contributed by atoms with Gasteiger partial charge in [0.2, 0.25) is 5.91 Å². The molecule has 3 heterocycles. The highest BCUT2D eigenvalue weighted by Crippen LogP contribution is 2.23. The predicted molar refractivity (Wildman–Crippen MR) is 118 cm³/mol. The molecule has 8 heteroatoms. The second kappa shape index (κ2) is 9.41. The van der Waals surface area contributed by atoms with E-state index in [-0.39, 0.29) is 11.9 Å². The normalized spacial score (nSPS) is 19.0. The molecular weight excluding hydrogens is 394 g/mol. The zero-order valence-corrected chi connectivity index (χ0v) is 18.3. The van der Waals surface area contributed by atoms with Crippen molar-refractivity contribution in [1.29, 1.82) is 0 Å². The molecule has 1 aromatic heterocycles. The molecule has 2 aliphatic heterocycles. The minimum Gasteiger partial charge on any atom is -0.371 e. The summed E-state index contributed by atoms with van der Waals surface area (Å²) >= 11 is 0. The Hall–Kier alpha value is -3.03. The number of nitrogens with zero attached hydrogens (tertiary/aromatic N) is 4. The van der Waals surface area contributed by atoms with E-state index in [2.05, 4.69) is 39.6 Å². The summed E-state index contributed by atoms with van der Waals surface area (Å²) in [5.41, 5.74) is 2.88. The van der Waals surface area contributed by atoms with Crippen LogP contribution in [0.4, 0.5) is 10.5 Å². The Bertz CT molecular complexity index is 886. The van der Waals surface area contributed by atoms with Gasteiger partial charge in [0.05, 0.1) is 12.1 Å². The van der Waals surface area contributed by atoms with Crippen LogP contribution in [0.25, 0.3) is 0 Å². The standard InChI is InChI=1S/C23H31N5O3/c1-17-21(18(2)31-25-17)14-22(29)26-10-12-27(13-11-26)23(30)24-15-19-8-9-28(16-19)20-6-4-3-5-7-20/h3-7,19H,8-16H2,1-2H3,(H,24,30). The fourth-order valence-electron chi connectivity index (χ4n) is 4.39. The molecule has 3 amide bonds. The lowest BCUT2D eigenvalue weighted by molar-refractivity contribution is -0.131. The van der Waals surface area contributed by atoms with Crippen molar-refractivity contribution in [3.63, 3.8) is 0 Å². The molecular formula is C23H31N5O3. The summed E-state index contributed by atoms with van der Waals surface area (Å²) in [4.78, 5) is 31.2. The lowest BCUT2D eigenvalue weighted by Crippen LogP contribution is -2.54. The van der Waals surface area contributed by atoms with Crippen LogP contribution in [-0.4, -0.2) is 72.7 Å². The first-order valence-corrected chi connectivity index (χ1v) is 11.0. The van der Waals surface area contributed by atoms with Gasteiger partial charge in [0.1, 0.15) is 5.76 Å². The number of rotatable bonds is 5. The van der Waals surface area contributed by atoms with Crippen molar-refractivity contribution in [2.45, 2.75) is 26.7 Å². The summed E-state index contributed by atoms with van der Waals surface area (Å²) in [6, 6.07) is 10.4. The molecule has 0 aliphatic carbocycles. The quantitative estimate of drug-likeness (QED) is 0.794. The van der Waals surface area contributed by atoms with Gasteiger partial charge in [-0.05, 0) is 38.3 Å². The first-order valence-electron chi connectivity index (χ1n) is 11.0. The Balaban J connectivity index is 1.19. The molecule has 1 N–H and O–H groups in total. The average molecular weight is 426 g/mol. The van der Waals surface area contributed by atoms with Crippen LogP contribution >= 0.6 is 0 Å². The molecule has 0 radical (unpaired) electrons. The number of anilines is 1. The number of hydrogen-bond donors (Lipinski definition) is 1. The smallest absolute Gasteiger partial charge is 0.317 e. The van der Waals surface area contributed by atoms with Gasteiger partial charge >= 0.3 is 6.03 Å². The Morgan fingerprint density at radius 3 is 2.45 bits per heavy atom. The third kappa shape index (κ3) is 5.00. The number of aromatic nitrogens is 1.